The summed E-state index contributed by atoms with van der Waals surface area (Å²) in [5.74, 6) is -14.7. The number of esters is 3. The molecule has 1 fully saturated rings. The Morgan fingerprint density at radius 2 is 1.11 bits per heavy atom. The molecule has 3 aromatic rings. The van der Waals surface area contributed by atoms with Gasteiger partial charge in [0.05, 0.1) is 23.3 Å². The van der Waals surface area contributed by atoms with Crippen molar-refractivity contribution in [3.05, 3.63) is 41.0 Å². The standard InChI is InChI=1S/C27H22O18/c28-5-13-19(36)22-23(27(42-13)45-24(39)6-1-9(29)16(33)10(30)2-6)44-26(41)8-4-12(32)18(35)21(38)15(8)14-7(25(40)43-22)3-11(31)17(34)20(14)37/h1-4,13,19,22-23,27-38H,5H2/t13-,19-,22+,23-,27-/m1/s1. The van der Waals surface area contributed by atoms with Gasteiger partial charge in [0.1, 0.15) is 12.2 Å². The first-order valence-corrected chi connectivity index (χ1v) is 12.5. The molecule has 2 aliphatic rings. The maximum Gasteiger partial charge on any atom is 0.340 e. The number of aliphatic hydroxyl groups is 2. The summed E-state index contributed by atoms with van der Waals surface area (Å²) >= 11 is 0. The van der Waals surface area contributed by atoms with Crippen LogP contribution in [0, 0.1) is 0 Å². The third-order valence-electron chi connectivity index (χ3n) is 7.01. The zero-order valence-electron chi connectivity index (χ0n) is 22.2. The Hall–Kier alpha value is -5.85. The molecule has 0 aliphatic carbocycles. The van der Waals surface area contributed by atoms with Crippen molar-refractivity contribution in [3.8, 4) is 62.9 Å². The van der Waals surface area contributed by atoms with E-state index in [0.29, 0.717) is 24.3 Å². The van der Waals surface area contributed by atoms with Gasteiger partial charge in [0.2, 0.25) is 23.9 Å². The highest BCUT2D eigenvalue weighted by molar-refractivity contribution is 6.08. The minimum absolute atomic E-state index is 0.529. The average molecular weight is 634 g/mol. The molecule has 0 bridgehead atoms. The third kappa shape index (κ3) is 4.97. The van der Waals surface area contributed by atoms with Gasteiger partial charge in [-0.1, -0.05) is 0 Å². The predicted octanol–water partition coefficient (Wildman–Crippen LogP) is -0.297. The zero-order valence-corrected chi connectivity index (χ0v) is 22.2. The molecular weight excluding hydrogens is 612 g/mol. The number of phenols is 9. The maximum atomic E-state index is 13.6. The number of hydrogen-bond donors (Lipinski definition) is 11. The molecule has 2 aliphatic heterocycles. The number of phenolic OH excluding ortho intramolecular Hbond substituents is 9. The van der Waals surface area contributed by atoms with Crippen LogP contribution in [0.25, 0.3) is 11.1 Å². The second-order valence-corrected chi connectivity index (χ2v) is 9.76. The van der Waals surface area contributed by atoms with E-state index in [1.165, 1.54) is 0 Å². The van der Waals surface area contributed by atoms with Crippen molar-refractivity contribution in [1.29, 1.82) is 0 Å². The van der Waals surface area contributed by atoms with Crippen LogP contribution in [-0.2, 0) is 18.9 Å². The lowest BCUT2D eigenvalue weighted by Crippen LogP contribution is -2.62. The van der Waals surface area contributed by atoms with E-state index in [1.54, 1.807) is 0 Å². The van der Waals surface area contributed by atoms with E-state index in [2.05, 4.69) is 0 Å². The van der Waals surface area contributed by atoms with E-state index in [-0.39, 0.29) is 0 Å². The van der Waals surface area contributed by atoms with Crippen LogP contribution in [0.3, 0.4) is 0 Å². The summed E-state index contributed by atoms with van der Waals surface area (Å²) < 4.78 is 21.3. The Labute approximate surface area is 248 Å². The largest absolute Gasteiger partial charge is 0.504 e. The summed E-state index contributed by atoms with van der Waals surface area (Å²) in [6, 6.07) is 2.42. The molecule has 0 spiro atoms. The molecule has 5 rings (SSSR count). The van der Waals surface area contributed by atoms with Gasteiger partial charge in [-0.05, 0) is 24.3 Å². The summed E-state index contributed by atoms with van der Waals surface area (Å²) in [6.07, 6.45) is -10.1. The van der Waals surface area contributed by atoms with Crippen LogP contribution >= 0.6 is 0 Å². The molecule has 45 heavy (non-hydrogen) atoms. The lowest BCUT2D eigenvalue weighted by atomic mass is 9.91. The second-order valence-electron chi connectivity index (χ2n) is 9.76. The number of aliphatic hydroxyl groups excluding tert-OH is 2. The zero-order chi connectivity index (χ0) is 33.1. The molecule has 0 amide bonds. The van der Waals surface area contributed by atoms with Crippen LogP contribution in [0.2, 0.25) is 0 Å². The van der Waals surface area contributed by atoms with E-state index >= 15 is 0 Å². The van der Waals surface area contributed by atoms with Gasteiger partial charge in [0, 0.05) is 11.1 Å². The molecule has 5 atom stereocenters. The third-order valence-corrected chi connectivity index (χ3v) is 7.01. The number of hydrogen-bond acceptors (Lipinski definition) is 18. The molecule has 2 heterocycles. The van der Waals surface area contributed by atoms with Crippen LogP contribution in [0.4, 0.5) is 0 Å². The predicted molar refractivity (Wildman–Crippen MR) is 139 cm³/mol. The van der Waals surface area contributed by atoms with E-state index in [4.69, 9.17) is 18.9 Å². The van der Waals surface area contributed by atoms with Crippen LogP contribution in [0.15, 0.2) is 24.3 Å². The lowest BCUT2D eigenvalue weighted by molar-refractivity contribution is -0.283. The Morgan fingerprint density at radius 1 is 0.667 bits per heavy atom. The van der Waals surface area contributed by atoms with E-state index < -0.39 is 135 Å². The van der Waals surface area contributed by atoms with Gasteiger partial charge in [0.25, 0.3) is 0 Å². The van der Waals surface area contributed by atoms with Gasteiger partial charge in [0.15, 0.2) is 46.4 Å². The van der Waals surface area contributed by atoms with E-state index in [9.17, 15) is 70.6 Å². The number of carbonyl (C=O) groups excluding carboxylic acids is 3. The van der Waals surface area contributed by atoms with Crippen LogP contribution in [0.5, 0.6) is 51.7 Å². The number of carbonyl (C=O) groups is 3. The molecule has 0 unspecified atom stereocenters. The molecule has 11 N–H and O–H groups in total. The van der Waals surface area contributed by atoms with Gasteiger partial charge >= 0.3 is 17.9 Å². The van der Waals surface area contributed by atoms with Crippen molar-refractivity contribution in [3.63, 3.8) is 0 Å². The highest BCUT2D eigenvalue weighted by Crippen LogP contribution is 2.53. The fourth-order valence-corrected chi connectivity index (χ4v) is 4.78. The molecule has 0 aromatic heterocycles. The number of fused-ring (bicyclic) bond motifs is 4. The topological polar surface area (TPSA) is 311 Å². The summed E-state index contributed by atoms with van der Waals surface area (Å²) in [7, 11) is 0. The molecule has 18 heteroatoms. The van der Waals surface area contributed by atoms with Crippen molar-refractivity contribution in [2.45, 2.75) is 30.7 Å². The minimum Gasteiger partial charge on any atom is -0.504 e. The van der Waals surface area contributed by atoms with Gasteiger partial charge in [-0.15, -0.1) is 0 Å². The summed E-state index contributed by atoms with van der Waals surface area (Å²) in [6.45, 7) is -0.999. The van der Waals surface area contributed by atoms with Crippen LogP contribution in [0.1, 0.15) is 31.1 Å². The first-order chi connectivity index (χ1) is 21.2. The molecule has 1 saturated heterocycles. The van der Waals surface area contributed by atoms with Gasteiger partial charge in [-0.2, -0.15) is 0 Å². The Balaban J connectivity index is 1.68. The van der Waals surface area contributed by atoms with E-state index in [1.807, 2.05) is 0 Å². The summed E-state index contributed by atoms with van der Waals surface area (Å²) in [5.41, 5.74) is -4.17. The second kappa shape index (κ2) is 11.0. The number of rotatable bonds is 3. The van der Waals surface area contributed by atoms with Crippen molar-refractivity contribution in [1.82, 2.24) is 0 Å². The molecule has 0 saturated carbocycles. The van der Waals surface area contributed by atoms with E-state index in [0.717, 1.165) is 0 Å². The van der Waals surface area contributed by atoms with Crippen molar-refractivity contribution in [2.24, 2.45) is 0 Å². The number of benzene rings is 3. The highest BCUT2D eigenvalue weighted by Gasteiger charge is 2.52. The Morgan fingerprint density at radius 3 is 1.58 bits per heavy atom. The minimum atomic E-state index is -2.15. The number of aromatic hydroxyl groups is 9. The molecule has 238 valence electrons. The summed E-state index contributed by atoms with van der Waals surface area (Å²) in [4.78, 5) is 40.0. The number of ether oxygens (including phenoxy) is 4. The normalized spacial score (nSPS) is 22.7. The quantitative estimate of drug-likeness (QED) is 0.100. The molecule has 3 aromatic carbocycles. The van der Waals surface area contributed by atoms with Crippen molar-refractivity contribution < 1.29 is 89.5 Å². The molecule has 18 nitrogen and oxygen atoms in total. The summed E-state index contributed by atoms with van der Waals surface area (Å²) in [5, 5.41) is 112. The highest BCUT2D eigenvalue weighted by atomic mass is 16.7. The maximum absolute atomic E-state index is 13.6. The Bertz CT molecular complexity index is 1730. The fraction of sp³-hybridized carbons (Fsp3) is 0.222. The lowest BCUT2D eigenvalue weighted by Gasteiger charge is -2.42. The Kier molecular flexibility index (Phi) is 7.49. The van der Waals surface area contributed by atoms with Crippen LogP contribution in [-0.4, -0.2) is 111 Å². The first-order valence-electron chi connectivity index (χ1n) is 12.5. The first kappa shape index (κ1) is 30.6. The van der Waals surface area contributed by atoms with Gasteiger partial charge in [-0.3, -0.25) is 0 Å². The average Bonchev–Trinajstić information content (AvgIpc) is 2.99. The van der Waals surface area contributed by atoms with Gasteiger partial charge < -0.3 is 75.1 Å². The molecule has 0 radical (unpaired) electrons. The smallest absolute Gasteiger partial charge is 0.340 e. The molecular formula is C27H22O18. The SMILES string of the molecule is O=C(O[C@H]1O[C@H](CO)[C@@H](O)[C@@H]2OC(=O)c3cc(O)c(O)c(O)c3-c3c(cc(O)c(O)c3O)C(=O)O[C@@H]12)c1cc(O)c(O)c(O)c1. The van der Waals surface area contributed by atoms with Crippen LogP contribution < -0.4 is 0 Å². The van der Waals surface area contributed by atoms with Crippen molar-refractivity contribution in [2.75, 3.05) is 6.61 Å². The van der Waals surface area contributed by atoms with Crippen molar-refractivity contribution >= 4 is 17.9 Å². The monoisotopic (exact) mass is 634 g/mol. The fourth-order valence-electron chi connectivity index (χ4n) is 4.78. The van der Waals surface area contributed by atoms with Gasteiger partial charge in [-0.25, -0.2) is 14.4 Å².